The summed E-state index contributed by atoms with van der Waals surface area (Å²) in [7, 11) is 3.84. The molecule has 2 heterocycles. The van der Waals surface area contributed by atoms with Crippen LogP contribution < -0.4 is 4.90 Å². The van der Waals surface area contributed by atoms with Crippen molar-refractivity contribution in [1.29, 1.82) is 0 Å². The van der Waals surface area contributed by atoms with Gasteiger partial charge in [0.2, 0.25) is 5.65 Å². The van der Waals surface area contributed by atoms with Crippen molar-refractivity contribution in [3.8, 4) is 0 Å². The van der Waals surface area contributed by atoms with Gasteiger partial charge < -0.3 is 4.90 Å². The van der Waals surface area contributed by atoms with Gasteiger partial charge in [-0.3, -0.25) is 0 Å². The third-order valence-corrected chi connectivity index (χ3v) is 2.43. The van der Waals surface area contributed by atoms with Gasteiger partial charge in [0.25, 0.3) is 0 Å². The molecule has 0 aliphatic rings. The molecule has 16 heavy (non-hydrogen) atoms. The molecule has 6 nitrogen and oxygen atoms in total. The van der Waals surface area contributed by atoms with Gasteiger partial charge in [-0.1, -0.05) is 12.1 Å². The van der Waals surface area contributed by atoms with Gasteiger partial charge in [-0.05, 0) is 22.6 Å². The number of tetrazole rings is 1. The Labute approximate surface area is 91.5 Å². The number of hydrogen-bond donors (Lipinski definition) is 0. The first-order valence-corrected chi connectivity index (χ1v) is 4.91. The van der Waals surface area contributed by atoms with Crippen molar-refractivity contribution in [3.63, 3.8) is 0 Å². The number of rotatable bonds is 1. The molecule has 3 rings (SSSR count). The van der Waals surface area contributed by atoms with Crippen LogP contribution in [0.5, 0.6) is 0 Å². The number of aromatic nitrogens is 5. The van der Waals surface area contributed by atoms with Crippen molar-refractivity contribution in [1.82, 2.24) is 25.0 Å². The van der Waals surface area contributed by atoms with Gasteiger partial charge in [0.05, 0.1) is 11.0 Å². The highest BCUT2D eigenvalue weighted by atomic mass is 15.5. The predicted molar refractivity (Wildman–Crippen MR) is 60.4 cm³/mol. The summed E-state index contributed by atoms with van der Waals surface area (Å²) in [6.07, 6.45) is 0. The molecule has 0 radical (unpaired) electrons. The minimum absolute atomic E-state index is 0.670. The quantitative estimate of drug-likeness (QED) is 0.598. The number of fused-ring (bicyclic) bond motifs is 3. The first-order valence-electron chi connectivity index (χ1n) is 4.91. The van der Waals surface area contributed by atoms with Gasteiger partial charge in [0.1, 0.15) is 0 Å². The highest BCUT2D eigenvalue weighted by Gasteiger charge is 2.11. The second-order valence-electron chi connectivity index (χ2n) is 3.73. The molecule has 1 aromatic carbocycles. The Bertz CT molecular complexity index is 657. The Kier molecular flexibility index (Phi) is 1.76. The van der Waals surface area contributed by atoms with Crippen LogP contribution in [0.3, 0.4) is 0 Å². The zero-order valence-corrected chi connectivity index (χ0v) is 8.99. The van der Waals surface area contributed by atoms with Gasteiger partial charge in [-0.25, -0.2) is 4.98 Å². The van der Waals surface area contributed by atoms with Crippen LogP contribution in [-0.4, -0.2) is 39.1 Å². The van der Waals surface area contributed by atoms with Gasteiger partial charge in [-0.15, -0.1) is 5.10 Å². The minimum Gasteiger partial charge on any atom is -0.360 e. The first-order chi connectivity index (χ1) is 7.77. The Morgan fingerprint density at radius 2 is 2.00 bits per heavy atom. The summed E-state index contributed by atoms with van der Waals surface area (Å²) >= 11 is 0. The lowest BCUT2D eigenvalue weighted by Gasteiger charge is -2.12. The molecular weight excluding hydrogens is 204 g/mol. The molecule has 0 N–H and O–H groups in total. The molecule has 0 unspecified atom stereocenters. The summed E-state index contributed by atoms with van der Waals surface area (Å²) < 4.78 is 1.71. The Morgan fingerprint density at radius 3 is 2.81 bits per heavy atom. The molecule has 0 atom stereocenters. The van der Waals surface area contributed by atoms with Gasteiger partial charge in [0.15, 0.2) is 5.82 Å². The van der Waals surface area contributed by atoms with Crippen molar-refractivity contribution < 1.29 is 0 Å². The summed E-state index contributed by atoms with van der Waals surface area (Å²) in [6, 6.07) is 7.79. The van der Waals surface area contributed by atoms with E-state index in [9.17, 15) is 0 Å². The first kappa shape index (κ1) is 9.02. The van der Waals surface area contributed by atoms with Crippen LogP contribution in [0.1, 0.15) is 0 Å². The lowest BCUT2D eigenvalue weighted by Crippen LogP contribution is -2.13. The molecule has 0 spiro atoms. The Balaban J connectivity index is 2.53. The summed E-state index contributed by atoms with van der Waals surface area (Å²) in [5.41, 5.74) is 2.46. The predicted octanol–water partition coefficient (Wildman–Crippen LogP) is 0.738. The van der Waals surface area contributed by atoms with Crippen molar-refractivity contribution in [3.05, 3.63) is 24.3 Å². The van der Waals surface area contributed by atoms with E-state index in [1.54, 1.807) is 4.52 Å². The second kappa shape index (κ2) is 3.13. The molecule has 2 aromatic heterocycles. The second-order valence-corrected chi connectivity index (χ2v) is 3.73. The average molecular weight is 214 g/mol. The number of hydrogen-bond acceptors (Lipinski definition) is 5. The Morgan fingerprint density at radius 1 is 1.19 bits per heavy atom. The molecule has 0 fully saturated rings. The standard InChI is InChI=1S/C10H10N6/c1-15(2)9-10-12-13-14-16(10)8-6-4-3-5-7(8)11-9/h3-6H,1-2H3. The van der Waals surface area contributed by atoms with E-state index in [1.165, 1.54) is 0 Å². The topological polar surface area (TPSA) is 59.2 Å². The van der Waals surface area contributed by atoms with E-state index >= 15 is 0 Å². The van der Waals surface area contributed by atoms with Gasteiger partial charge >= 0.3 is 0 Å². The number of para-hydroxylation sites is 2. The zero-order valence-electron chi connectivity index (χ0n) is 8.99. The van der Waals surface area contributed by atoms with E-state index in [2.05, 4.69) is 20.5 Å². The van der Waals surface area contributed by atoms with Crippen LogP contribution in [0.15, 0.2) is 24.3 Å². The minimum atomic E-state index is 0.670. The van der Waals surface area contributed by atoms with E-state index in [4.69, 9.17) is 0 Å². The van der Waals surface area contributed by atoms with Gasteiger partial charge in [-0.2, -0.15) is 4.52 Å². The molecule has 0 aliphatic heterocycles. The van der Waals surface area contributed by atoms with Gasteiger partial charge in [0, 0.05) is 14.1 Å². The van der Waals surface area contributed by atoms with Crippen LogP contribution in [0, 0.1) is 0 Å². The summed E-state index contributed by atoms with van der Waals surface area (Å²) in [5, 5.41) is 11.7. The lowest BCUT2D eigenvalue weighted by molar-refractivity contribution is 0.840. The Hall–Kier alpha value is -2.24. The maximum atomic E-state index is 4.54. The third kappa shape index (κ3) is 1.13. The van der Waals surface area contributed by atoms with Crippen LogP contribution in [0.2, 0.25) is 0 Å². The molecule has 0 aliphatic carbocycles. The molecule has 0 amide bonds. The maximum absolute atomic E-state index is 4.54. The monoisotopic (exact) mass is 214 g/mol. The fraction of sp³-hybridized carbons (Fsp3) is 0.200. The highest BCUT2D eigenvalue weighted by molar-refractivity contribution is 5.82. The van der Waals surface area contributed by atoms with Crippen LogP contribution in [0.25, 0.3) is 16.7 Å². The average Bonchev–Trinajstić information content (AvgIpc) is 2.76. The molecule has 3 aromatic rings. The van der Waals surface area contributed by atoms with Crippen molar-refractivity contribution in [2.45, 2.75) is 0 Å². The molecule has 80 valence electrons. The zero-order chi connectivity index (χ0) is 11.1. The summed E-state index contributed by atoms with van der Waals surface area (Å²) in [6.45, 7) is 0. The molecular formula is C10H10N6. The molecule has 0 saturated carbocycles. The highest BCUT2D eigenvalue weighted by Crippen LogP contribution is 2.19. The van der Waals surface area contributed by atoms with Crippen LogP contribution >= 0.6 is 0 Å². The van der Waals surface area contributed by atoms with Crippen molar-refractivity contribution in [2.24, 2.45) is 0 Å². The number of nitrogens with zero attached hydrogens (tertiary/aromatic N) is 6. The van der Waals surface area contributed by atoms with E-state index in [0.717, 1.165) is 16.9 Å². The third-order valence-electron chi connectivity index (χ3n) is 2.43. The van der Waals surface area contributed by atoms with Crippen molar-refractivity contribution in [2.75, 3.05) is 19.0 Å². The molecule has 6 heteroatoms. The summed E-state index contributed by atoms with van der Waals surface area (Å²) in [5.74, 6) is 0.767. The molecule has 0 bridgehead atoms. The number of benzene rings is 1. The van der Waals surface area contributed by atoms with Crippen molar-refractivity contribution >= 4 is 22.5 Å². The van der Waals surface area contributed by atoms with E-state index in [1.807, 2.05) is 43.3 Å². The SMILES string of the molecule is CN(C)c1nc2ccccc2n2nnnc12. The van der Waals surface area contributed by atoms with E-state index in [0.29, 0.717) is 5.65 Å². The fourth-order valence-corrected chi connectivity index (χ4v) is 1.69. The largest absolute Gasteiger partial charge is 0.360 e. The van der Waals surface area contributed by atoms with E-state index < -0.39 is 0 Å². The van der Waals surface area contributed by atoms with E-state index in [-0.39, 0.29) is 0 Å². The lowest BCUT2D eigenvalue weighted by atomic mass is 10.3. The maximum Gasteiger partial charge on any atom is 0.222 e. The van der Waals surface area contributed by atoms with Crippen LogP contribution in [0.4, 0.5) is 5.82 Å². The number of anilines is 1. The van der Waals surface area contributed by atoms with Crippen LogP contribution in [-0.2, 0) is 0 Å². The summed E-state index contributed by atoms with van der Waals surface area (Å²) in [4.78, 5) is 6.44. The fourth-order valence-electron chi connectivity index (χ4n) is 1.69. The molecule has 0 saturated heterocycles. The normalized spacial score (nSPS) is 11.1. The smallest absolute Gasteiger partial charge is 0.222 e.